The van der Waals surface area contributed by atoms with Crippen molar-refractivity contribution in [3.05, 3.63) is 47.5 Å². The molecular formula is C23H27FN2O7. The summed E-state index contributed by atoms with van der Waals surface area (Å²) in [6, 6.07) is 5.61. The topological polar surface area (TPSA) is 113 Å². The molecule has 2 rings (SSSR count). The quantitative estimate of drug-likeness (QED) is 0.507. The van der Waals surface area contributed by atoms with Gasteiger partial charge in [0.15, 0.2) is 11.4 Å². The van der Waals surface area contributed by atoms with Gasteiger partial charge >= 0.3 is 11.9 Å². The minimum absolute atomic E-state index is 0.141. The van der Waals surface area contributed by atoms with Crippen molar-refractivity contribution in [2.75, 3.05) is 20.3 Å². The number of esters is 2. The van der Waals surface area contributed by atoms with Crippen LogP contribution in [0.4, 0.5) is 4.39 Å². The molecule has 1 N–H and O–H groups in total. The second kappa shape index (κ2) is 12.4. The Hall–Kier alpha value is -3.69. The number of ether oxygens (including phenoxy) is 4. The van der Waals surface area contributed by atoms with Crippen LogP contribution in [0.25, 0.3) is 0 Å². The predicted molar refractivity (Wildman–Crippen MR) is 116 cm³/mol. The summed E-state index contributed by atoms with van der Waals surface area (Å²) in [7, 11) is 1.35. The molecule has 1 heterocycles. The van der Waals surface area contributed by atoms with E-state index < -0.39 is 36.3 Å². The molecule has 10 heteroatoms. The normalized spacial score (nSPS) is 11.3. The zero-order chi connectivity index (χ0) is 24.4. The lowest BCUT2D eigenvalue weighted by molar-refractivity contribution is -0.146. The maximum Gasteiger partial charge on any atom is 0.325 e. The molecule has 0 radical (unpaired) electrons. The number of nitrogens with zero attached hydrogens (tertiary/aromatic N) is 1. The van der Waals surface area contributed by atoms with Gasteiger partial charge in [0.25, 0.3) is 5.91 Å². The van der Waals surface area contributed by atoms with Crippen LogP contribution in [0.2, 0.25) is 0 Å². The summed E-state index contributed by atoms with van der Waals surface area (Å²) in [6.45, 7) is 4.78. The maximum absolute atomic E-state index is 13.5. The third-order valence-corrected chi connectivity index (χ3v) is 4.27. The van der Waals surface area contributed by atoms with Crippen LogP contribution in [0.5, 0.6) is 17.2 Å². The Morgan fingerprint density at radius 1 is 1.18 bits per heavy atom. The van der Waals surface area contributed by atoms with E-state index in [1.165, 1.54) is 38.4 Å². The molecule has 0 aliphatic rings. The molecule has 1 amide bonds. The molecule has 178 valence electrons. The standard InChI is InChI=1S/C23H27FN2O7/c1-5-10-31-19-12-17(24)7-6-16(19)11-14(2)32-20(28)13-26-23(29)21-22(33-15(3)27)18(30-4)8-9-25-21/h6-9,12,14H,5,10-11,13H2,1-4H3,(H,26,29). The van der Waals surface area contributed by atoms with Crippen molar-refractivity contribution in [2.45, 2.75) is 39.7 Å². The molecule has 0 aliphatic heterocycles. The number of hydrogen-bond acceptors (Lipinski definition) is 8. The minimum Gasteiger partial charge on any atom is -0.493 e. The van der Waals surface area contributed by atoms with E-state index in [4.69, 9.17) is 18.9 Å². The number of amides is 1. The molecule has 0 aliphatic carbocycles. The third kappa shape index (κ3) is 7.74. The van der Waals surface area contributed by atoms with Gasteiger partial charge in [-0.2, -0.15) is 0 Å². The van der Waals surface area contributed by atoms with E-state index in [0.29, 0.717) is 24.3 Å². The number of aromatic nitrogens is 1. The summed E-state index contributed by atoms with van der Waals surface area (Å²) in [5.41, 5.74) is 0.482. The number of carbonyl (C=O) groups is 3. The second-order valence-corrected chi connectivity index (χ2v) is 7.07. The average molecular weight is 462 g/mol. The van der Waals surface area contributed by atoms with Gasteiger partial charge in [-0.15, -0.1) is 0 Å². The van der Waals surface area contributed by atoms with E-state index in [9.17, 15) is 18.8 Å². The first-order valence-corrected chi connectivity index (χ1v) is 10.3. The lowest BCUT2D eigenvalue weighted by Crippen LogP contribution is -2.33. The first-order chi connectivity index (χ1) is 15.7. The minimum atomic E-state index is -0.747. The third-order valence-electron chi connectivity index (χ3n) is 4.27. The number of benzene rings is 1. The van der Waals surface area contributed by atoms with Crippen molar-refractivity contribution in [1.82, 2.24) is 10.3 Å². The van der Waals surface area contributed by atoms with Gasteiger partial charge in [0, 0.05) is 31.7 Å². The molecule has 0 spiro atoms. The lowest BCUT2D eigenvalue weighted by atomic mass is 10.1. The van der Waals surface area contributed by atoms with Gasteiger partial charge in [0.1, 0.15) is 24.2 Å². The number of pyridine rings is 1. The maximum atomic E-state index is 13.5. The first-order valence-electron chi connectivity index (χ1n) is 10.3. The highest BCUT2D eigenvalue weighted by Crippen LogP contribution is 2.29. The highest BCUT2D eigenvalue weighted by atomic mass is 19.1. The van der Waals surface area contributed by atoms with E-state index >= 15 is 0 Å². The van der Waals surface area contributed by atoms with E-state index in [1.807, 2.05) is 6.92 Å². The van der Waals surface area contributed by atoms with Crippen molar-refractivity contribution in [1.29, 1.82) is 0 Å². The van der Waals surface area contributed by atoms with Gasteiger partial charge in [0.05, 0.1) is 13.7 Å². The number of halogens is 1. The number of carbonyl (C=O) groups excluding carboxylic acids is 3. The van der Waals surface area contributed by atoms with Crippen LogP contribution in [0.3, 0.4) is 0 Å². The molecule has 0 bridgehead atoms. The van der Waals surface area contributed by atoms with Crippen molar-refractivity contribution in [3.8, 4) is 17.2 Å². The number of nitrogens with one attached hydrogen (secondary N) is 1. The van der Waals surface area contributed by atoms with Crippen LogP contribution >= 0.6 is 0 Å². The number of rotatable bonds is 11. The fourth-order valence-corrected chi connectivity index (χ4v) is 2.89. The SMILES string of the molecule is CCCOc1cc(F)ccc1CC(C)OC(=O)CNC(=O)c1nccc(OC)c1OC(C)=O. The smallest absolute Gasteiger partial charge is 0.325 e. The van der Waals surface area contributed by atoms with E-state index in [2.05, 4.69) is 10.3 Å². The molecule has 33 heavy (non-hydrogen) atoms. The van der Waals surface area contributed by atoms with E-state index in [-0.39, 0.29) is 17.2 Å². The van der Waals surface area contributed by atoms with Crippen LogP contribution in [0.1, 0.15) is 43.2 Å². The first kappa shape index (κ1) is 25.6. The fraction of sp³-hybridized carbons (Fsp3) is 0.391. The van der Waals surface area contributed by atoms with Crippen LogP contribution in [-0.2, 0) is 20.7 Å². The second-order valence-electron chi connectivity index (χ2n) is 7.07. The van der Waals surface area contributed by atoms with Crippen LogP contribution in [0, 0.1) is 5.82 Å². The Balaban J connectivity index is 1.97. The van der Waals surface area contributed by atoms with Gasteiger partial charge < -0.3 is 24.3 Å². The molecule has 2 aromatic rings. The Labute approximate surface area is 191 Å². The number of hydrogen-bond donors (Lipinski definition) is 1. The average Bonchev–Trinajstić information content (AvgIpc) is 2.77. The Kier molecular flexibility index (Phi) is 9.59. The predicted octanol–water partition coefficient (Wildman–Crippen LogP) is 2.85. The van der Waals surface area contributed by atoms with Crippen molar-refractivity contribution in [3.63, 3.8) is 0 Å². The molecule has 1 aromatic carbocycles. The van der Waals surface area contributed by atoms with Crippen molar-refractivity contribution < 1.29 is 37.7 Å². The molecule has 0 saturated carbocycles. The molecule has 0 saturated heterocycles. The van der Waals surface area contributed by atoms with Crippen LogP contribution in [0.15, 0.2) is 30.5 Å². The highest BCUT2D eigenvalue weighted by molar-refractivity contribution is 5.98. The van der Waals surface area contributed by atoms with Gasteiger partial charge in [-0.25, -0.2) is 9.37 Å². The largest absolute Gasteiger partial charge is 0.493 e. The zero-order valence-electron chi connectivity index (χ0n) is 19.0. The van der Waals surface area contributed by atoms with Crippen molar-refractivity contribution >= 4 is 17.8 Å². The van der Waals surface area contributed by atoms with Gasteiger partial charge in [-0.05, 0) is 25.0 Å². The van der Waals surface area contributed by atoms with Crippen molar-refractivity contribution in [2.24, 2.45) is 0 Å². The molecular weight excluding hydrogens is 435 g/mol. The monoisotopic (exact) mass is 462 g/mol. The van der Waals surface area contributed by atoms with Gasteiger partial charge in [-0.1, -0.05) is 13.0 Å². The molecule has 0 fully saturated rings. The highest BCUT2D eigenvalue weighted by Gasteiger charge is 2.22. The summed E-state index contributed by atoms with van der Waals surface area (Å²) in [6.07, 6.45) is 1.81. The summed E-state index contributed by atoms with van der Waals surface area (Å²) < 4.78 is 34.6. The zero-order valence-corrected chi connectivity index (χ0v) is 19.0. The van der Waals surface area contributed by atoms with E-state index in [1.54, 1.807) is 13.0 Å². The van der Waals surface area contributed by atoms with Crippen LogP contribution in [-0.4, -0.2) is 49.2 Å². The Morgan fingerprint density at radius 2 is 1.94 bits per heavy atom. The summed E-state index contributed by atoms with van der Waals surface area (Å²) >= 11 is 0. The van der Waals surface area contributed by atoms with Gasteiger partial charge in [-0.3, -0.25) is 14.4 Å². The molecule has 1 unspecified atom stereocenters. The van der Waals surface area contributed by atoms with Crippen LogP contribution < -0.4 is 19.5 Å². The molecule has 1 atom stereocenters. The lowest BCUT2D eigenvalue weighted by Gasteiger charge is -2.17. The van der Waals surface area contributed by atoms with E-state index in [0.717, 1.165) is 6.42 Å². The fourth-order valence-electron chi connectivity index (χ4n) is 2.89. The number of methoxy groups -OCH3 is 1. The Morgan fingerprint density at radius 3 is 2.61 bits per heavy atom. The summed E-state index contributed by atoms with van der Waals surface area (Å²) in [5, 5.41) is 2.38. The van der Waals surface area contributed by atoms with Gasteiger partial charge in [0.2, 0.25) is 5.75 Å². The summed E-state index contributed by atoms with van der Waals surface area (Å²) in [4.78, 5) is 40.0. The Bertz CT molecular complexity index is 997. The molecule has 1 aromatic heterocycles. The molecule has 9 nitrogen and oxygen atoms in total. The summed E-state index contributed by atoms with van der Waals surface area (Å²) in [5.74, 6) is -2.13.